The smallest absolute Gasteiger partial charge is 0.140 e. The van der Waals surface area contributed by atoms with Gasteiger partial charge in [0.2, 0.25) is 0 Å². The number of aromatic nitrogens is 1. The van der Waals surface area contributed by atoms with Crippen LogP contribution in [0.25, 0.3) is 0 Å². The van der Waals surface area contributed by atoms with E-state index in [0.29, 0.717) is 5.69 Å². The largest absolute Gasteiger partial charge is 0.399 e. The van der Waals surface area contributed by atoms with Crippen molar-refractivity contribution in [2.75, 3.05) is 5.73 Å². The highest BCUT2D eigenvalue weighted by atomic mass is 32.2. The fourth-order valence-corrected chi connectivity index (χ4v) is 2.57. The highest BCUT2D eigenvalue weighted by Gasteiger charge is 2.02. The van der Waals surface area contributed by atoms with Crippen molar-refractivity contribution in [3.8, 4) is 6.07 Å². The van der Waals surface area contributed by atoms with Crippen molar-refractivity contribution in [3.05, 3.63) is 53.3 Å². The van der Waals surface area contributed by atoms with Gasteiger partial charge in [-0.3, -0.25) is 0 Å². The third-order valence-corrected chi connectivity index (χ3v) is 3.78. The average molecular weight is 255 g/mol. The molecule has 18 heavy (non-hydrogen) atoms. The number of aryl methyl sites for hydroxylation is 1. The lowest BCUT2D eigenvalue weighted by atomic mass is 10.2. The number of nitrogens with zero attached hydrogens (tertiary/aromatic N) is 2. The third kappa shape index (κ3) is 3.02. The van der Waals surface area contributed by atoms with Gasteiger partial charge in [0.1, 0.15) is 11.8 Å². The topological polar surface area (TPSA) is 62.7 Å². The predicted octanol–water partition coefficient (Wildman–Crippen LogP) is 3.14. The molecule has 3 nitrogen and oxygen atoms in total. The molecule has 0 radical (unpaired) electrons. The van der Waals surface area contributed by atoms with Crippen molar-refractivity contribution < 1.29 is 0 Å². The summed E-state index contributed by atoms with van der Waals surface area (Å²) in [6.45, 7) is 2.05. The zero-order valence-electron chi connectivity index (χ0n) is 10.1. The van der Waals surface area contributed by atoms with Gasteiger partial charge in [-0.2, -0.15) is 5.26 Å². The summed E-state index contributed by atoms with van der Waals surface area (Å²) >= 11 is 1.74. The monoisotopic (exact) mass is 255 g/mol. The van der Waals surface area contributed by atoms with Crippen molar-refractivity contribution in [1.82, 2.24) is 4.98 Å². The fraction of sp³-hybridized carbons (Fsp3) is 0.143. The summed E-state index contributed by atoms with van der Waals surface area (Å²) in [6.07, 6.45) is 1.67. The average Bonchev–Trinajstić information content (AvgIpc) is 2.38. The lowest BCUT2D eigenvalue weighted by Gasteiger charge is -2.06. The molecule has 0 fully saturated rings. The van der Waals surface area contributed by atoms with Gasteiger partial charge in [0.25, 0.3) is 0 Å². The van der Waals surface area contributed by atoms with Crippen LogP contribution < -0.4 is 5.73 Å². The van der Waals surface area contributed by atoms with E-state index in [-0.39, 0.29) is 0 Å². The van der Waals surface area contributed by atoms with Gasteiger partial charge >= 0.3 is 0 Å². The van der Waals surface area contributed by atoms with Crippen molar-refractivity contribution >= 4 is 17.4 Å². The SMILES string of the molecule is Cc1cc(N)ccc1SCc1ccnc(C#N)c1. The second kappa shape index (κ2) is 5.56. The van der Waals surface area contributed by atoms with Crippen LogP contribution in [0.2, 0.25) is 0 Å². The molecule has 0 bridgehead atoms. The van der Waals surface area contributed by atoms with Gasteiger partial charge in [-0.1, -0.05) is 0 Å². The van der Waals surface area contributed by atoms with Gasteiger partial charge in [-0.15, -0.1) is 11.8 Å². The number of nitrogens with two attached hydrogens (primary N) is 1. The molecule has 0 aliphatic rings. The molecule has 1 aromatic heterocycles. The van der Waals surface area contributed by atoms with Crippen LogP contribution in [0.1, 0.15) is 16.8 Å². The Labute approximate surface area is 111 Å². The standard InChI is InChI=1S/C14H13N3S/c1-10-6-12(16)2-3-14(10)18-9-11-4-5-17-13(7-11)8-15/h2-7H,9,16H2,1H3. The van der Waals surface area contributed by atoms with Gasteiger partial charge < -0.3 is 5.73 Å². The van der Waals surface area contributed by atoms with E-state index < -0.39 is 0 Å². The second-order valence-corrected chi connectivity index (χ2v) is 4.99. The summed E-state index contributed by atoms with van der Waals surface area (Å²) in [6, 6.07) is 11.7. The van der Waals surface area contributed by atoms with Gasteiger partial charge in [0.05, 0.1) is 0 Å². The molecule has 90 valence electrons. The van der Waals surface area contributed by atoms with Crippen LogP contribution in [-0.2, 0) is 5.75 Å². The molecule has 4 heteroatoms. The molecular formula is C14H13N3S. The zero-order chi connectivity index (χ0) is 13.0. The van der Waals surface area contributed by atoms with Crippen LogP contribution in [0.4, 0.5) is 5.69 Å². The molecule has 0 spiro atoms. The van der Waals surface area contributed by atoms with Crippen molar-refractivity contribution in [2.24, 2.45) is 0 Å². The zero-order valence-corrected chi connectivity index (χ0v) is 10.9. The minimum absolute atomic E-state index is 0.460. The number of nitriles is 1. The number of rotatable bonds is 3. The Morgan fingerprint density at radius 1 is 1.33 bits per heavy atom. The van der Waals surface area contributed by atoms with E-state index in [4.69, 9.17) is 11.0 Å². The second-order valence-electron chi connectivity index (χ2n) is 3.97. The van der Waals surface area contributed by atoms with Gasteiger partial charge in [0.15, 0.2) is 0 Å². The van der Waals surface area contributed by atoms with Crippen molar-refractivity contribution in [3.63, 3.8) is 0 Å². The molecule has 2 N–H and O–H groups in total. The van der Waals surface area contributed by atoms with Crippen LogP contribution in [0, 0.1) is 18.3 Å². The summed E-state index contributed by atoms with van der Waals surface area (Å²) in [5.74, 6) is 0.821. The number of anilines is 1. The maximum absolute atomic E-state index is 8.79. The molecule has 2 rings (SSSR count). The number of hydrogen-bond acceptors (Lipinski definition) is 4. The van der Waals surface area contributed by atoms with E-state index in [9.17, 15) is 0 Å². The Balaban J connectivity index is 2.09. The fourth-order valence-electron chi connectivity index (χ4n) is 1.62. The summed E-state index contributed by atoms with van der Waals surface area (Å²) in [7, 11) is 0. The molecule has 0 unspecified atom stereocenters. The Morgan fingerprint density at radius 2 is 2.17 bits per heavy atom. The third-order valence-electron chi connectivity index (χ3n) is 2.53. The molecule has 0 aliphatic heterocycles. The first-order valence-electron chi connectivity index (χ1n) is 5.53. The van der Waals surface area contributed by atoms with E-state index in [0.717, 1.165) is 17.0 Å². The van der Waals surface area contributed by atoms with Crippen LogP contribution in [-0.4, -0.2) is 4.98 Å². The number of hydrogen-bond donors (Lipinski definition) is 1. The lowest BCUT2D eigenvalue weighted by Crippen LogP contribution is -1.89. The van der Waals surface area contributed by atoms with E-state index in [2.05, 4.69) is 4.98 Å². The first kappa shape index (κ1) is 12.5. The van der Waals surface area contributed by atoms with Crippen molar-refractivity contribution in [2.45, 2.75) is 17.6 Å². The molecule has 0 atom stereocenters. The highest BCUT2D eigenvalue weighted by Crippen LogP contribution is 2.27. The molecule has 0 aliphatic carbocycles. The lowest BCUT2D eigenvalue weighted by molar-refractivity contribution is 1.22. The first-order valence-corrected chi connectivity index (χ1v) is 6.51. The quantitative estimate of drug-likeness (QED) is 0.676. The number of pyridine rings is 1. The predicted molar refractivity (Wildman–Crippen MR) is 74.1 cm³/mol. The molecule has 1 aromatic carbocycles. The molecule has 1 heterocycles. The molecule has 0 saturated carbocycles. The minimum Gasteiger partial charge on any atom is -0.399 e. The van der Waals surface area contributed by atoms with Gasteiger partial charge in [0, 0.05) is 22.5 Å². The van der Waals surface area contributed by atoms with Crippen LogP contribution in [0.15, 0.2) is 41.4 Å². The van der Waals surface area contributed by atoms with Crippen LogP contribution in [0.5, 0.6) is 0 Å². The molecule has 0 saturated heterocycles. The van der Waals surface area contributed by atoms with E-state index in [1.54, 1.807) is 18.0 Å². The summed E-state index contributed by atoms with van der Waals surface area (Å²) < 4.78 is 0. The number of benzene rings is 1. The molecular weight excluding hydrogens is 242 g/mol. The summed E-state index contributed by atoms with van der Waals surface area (Å²) in [4.78, 5) is 5.16. The Kier molecular flexibility index (Phi) is 3.85. The van der Waals surface area contributed by atoms with Crippen LogP contribution in [0.3, 0.4) is 0 Å². The van der Waals surface area contributed by atoms with E-state index in [1.807, 2.05) is 43.3 Å². The number of nitrogen functional groups attached to an aromatic ring is 1. The molecule has 0 amide bonds. The van der Waals surface area contributed by atoms with Gasteiger partial charge in [-0.05, 0) is 48.4 Å². The first-order chi connectivity index (χ1) is 8.69. The maximum atomic E-state index is 8.79. The van der Waals surface area contributed by atoms with Crippen molar-refractivity contribution in [1.29, 1.82) is 5.26 Å². The highest BCUT2D eigenvalue weighted by molar-refractivity contribution is 7.98. The minimum atomic E-state index is 0.460. The van der Waals surface area contributed by atoms with Crippen LogP contribution >= 0.6 is 11.8 Å². The normalized spacial score (nSPS) is 10.0. The number of thioether (sulfide) groups is 1. The Bertz CT molecular complexity index is 602. The Hall–Kier alpha value is -1.99. The maximum Gasteiger partial charge on any atom is 0.140 e. The van der Waals surface area contributed by atoms with E-state index in [1.165, 1.54) is 10.5 Å². The Morgan fingerprint density at radius 3 is 2.89 bits per heavy atom. The van der Waals surface area contributed by atoms with Gasteiger partial charge in [-0.25, -0.2) is 4.98 Å². The molecule has 2 aromatic rings. The van der Waals surface area contributed by atoms with E-state index >= 15 is 0 Å². The summed E-state index contributed by atoms with van der Waals surface area (Å²) in [5, 5.41) is 8.79. The summed E-state index contributed by atoms with van der Waals surface area (Å²) in [5.41, 5.74) is 9.24.